The maximum absolute atomic E-state index is 3.53. The highest BCUT2D eigenvalue weighted by Gasteiger charge is 2.24. The van der Waals surface area contributed by atoms with Crippen molar-refractivity contribution < 1.29 is 0 Å². The van der Waals surface area contributed by atoms with Gasteiger partial charge in [-0.2, -0.15) is 0 Å². The maximum Gasteiger partial charge on any atom is 0.0667 e. The van der Waals surface area contributed by atoms with Crippen molar-refractivity contribution in [3.8, 4) is 0 Å². The summed E-state index contributed by atoms with van der Waals surface area (Å²) in [5.74, 6) is 0. The summed E-state index contributed by atoms with van der Waals surface area (Å²) in [6.07, 6.45) is 1.08. The Labute approximate surface area is 121 Å². The molecule has 0 bridgehead atoms. The third-order valence-corrected chi connectivity index (χ3v) is 4.11. The lowest BCUT2D eigenvalue weighted by Gasteiger charge is -2.39. The average molecular weight is 266 g/mol. The summed E-state index contributed by atoms with van der Waals surface area (Å²) in [6, 6.07) is 20.1. The van der Waals surface area contributed by atoms with E-state index in [2.05, 4.69) is 71.7 Å². The number of anilines is 1. The second-order valence-electron chi connectivity index (χ2n) is 5.31. The van der Waals surface area contributed by atoms with Crippen molar-refractivity contribution in [1.29, 1.82) is 0 Å². The van der Waals surface area contributed by atoms with E-state index in [1.807, 2.05) is 0 Å². The lowest BCUT2D eigenvalue weighted by atomic mass is 10.0. The number of nitrogens with one attached hydrogen (secondary N) is 1. The second-order valence-corrected chi connectivity index (χ2v) is 5.31. The van der Waals surface area contributed by atoms with Crippen LogP contribution in [0.3, 0.4) is 0 Å². The molecule has 1 aliphatic heterocycles. The zero-order valence-corrected chi connectivity index (χ0v) is 12.0. The van der Waals surface area contributed by atoms with Crippen molar-refractivity contribution in [2.75, 3.05) is 24.5 Å². The van der Waals surface area contributed by atoms with Crippen LogP contribution in [0.25, 0.3) is 0 Å². The second kappa shape index (κ2) is 6.10. The van der Waals surface area contributed by atoms with Crippen LogP contribution in [0.1, 0.15) is 24.1 Å². The zero-order chi connectivity index (χ0) is 13.8. The molecule has 20 heavy (non-hydrogen) atoms. The van der Waals surface area contributed by atoms with Gasteiger partial charge in [-0.15, -0.1) is 0 Å². The van der Waals surface area contributed by atoms with Crippen LogP contribution in [-0.2, 0) is 6.42 Å². The summed E-state index contributed by atoms with van der Waals surface area (Å²) in [6.45, 7) is 5.37. The van der Waals surface area contributed by atoms with Crippen molar-refractivity contribution in [2.24, 2.45) is 0 Å². The Balaban J connectivity index is 1.97. The predicted molar refractivity (Wildman–Crippen MR) is 85.2 cm³/mol. The molecule has 2 aromatic carbocycles. The van der Waals surface area contributed by atoms with Crippen molar-refractivity contribution in [3.63, 3.8) is 0 Å². The minimum Gasteiger partial charge on any atom is -0.362 e. The summed E-state index contributed by atoms with van der Waals surface area (Å²) < 4.78 is 0. The molecule has 3 rings (SSSR count). The van der Waals surface area contributed by atoms with Gasteiger partial charge in [0.2, 0.25) is 0 Å². The Hall–Kier alpha value is -1.80. The number of hydrogen-bond acceptors (Lipinski definition) is 2. The van der Waals surface area contributed by atoms with Crippen molar-refractivity contribution in [3.05, 3.63) is 65.7 Å². The van der Waals surface area contributed by atoms with Gasteiger partial charge in [-0.25, -0.2) is 0 Å². The molecular weight excluding hydrogens is 244 g/mol. The van der Waals surface area contributed by atoms with Gasteiger partial charge in [-0.3, -0.25) is 0 Å². The molecule has 0 amide bonds. The van der Waals surface area contributed by atoms with Crippen LogP contribution in [0.4, 0.5) is 5.69 Å². The average Bonchev–Trinajstić information content (AvgIpc) is 2.55. The molecule has 1 saturated heterocycles. The summed E-state index contributed by atoms with van der Waals surface area (Å²) in [4.78, 5) is 2.56. The molecule has 2 nitrogen and oxygen atoms in total. The smallest absolute Gasteiger partial charge is 0.0667 e. The summed E-state index contributed by atoms with van der Waals surface area (Å²) in [5.41, 5.74) is 4.23. The SMILES string of the molecule is CCc1ccccc1N1CCNCC1c1ccccc1. The van der Waals surface area contributed by atoms with E-state index in [4.69, 9.17) is 0 Å². The first kappa shape index (κ1) is 13.2. The molecule has 0 saturated carbocycles. The van der Waals surface area contributed by atoms with E-state index in [1.54, 1.807) is 0 Å². The molecule has 2 aromatic rings. The first-order valence-electron chi connectivity index (χ1n) is 7.50. The Morgan fingerprint density at radius 3 is 2.60 bits per heavy atom. The normalized spacial score (nSPS) is 19.1. The molecule has 1 aliphatic rings. The van der Waals surface area contributed by atoms with E-state index < -0.39 is 0 Å². The van der Waals surface area contributed by atoms with Gasteiger partial charge >= 0.3 is 0 Å². The lowest BCUT2D eigenvalue weighted by molar-refractivity contribution is 0.489. The van der Waals surface area contributed by atoms with Gasteiger partial charge in [-0.1, -0.05) is 55.5 Å². The summed E-state index contributed by atoms with van der Waals surface area (Å²) in [5, 5.41) is 3.53. The van der Waals surface area contributed by atoms with Crippen LogP contribution in [0, 0.1) is 0 Å². The molecular formula is C18H22N2. The number of hydrogen-bond donors (Lipinski definition) is 1. The first-order valence-corrected chi connectivity index (χ1v) is 7.50. The highest BCUT2D eigenvalue weighted by molar-refractivity contribution is 5.56. The number of benzene rings is 2. The monoisotopic (exact) mass is 266 g/mol. The Morgan fingerprint density at radius 1 is 1.05 bits per heavy atom. The first-order chi connectivity index (χ1) is 9.90. The standard InChI is InChI=1S/C18H22N2/c1-2-15-8-6-7-11-17(15)20-13-12-19-14-18(20)16-9-4-3-5-10-16/h3-11,18-19H,2,12-14H2,1H3. The van der Waals surface area contributed by atoms with Crippen LogP contribution < -0.4 is 10.2 Å². The van der Waals surface area contributed by atoms with Crippen LogP contribution in [0.15, 0.2) is 54.6 Å². The van der Waals surface area contributed by atoms with E-state index >= 15 is 0 Å². The summed E-state index contributed by atoms with van der Waals surface area (Å²) in [7, 11) is 0. The Bertz CT molecular complexity index is 550. The molecule has 0 radical (unpaired) electrons. The van der Waals surface area contributed by atoms with E-state index in [0.29, 0.717) is 6.04 Å². The third kappa shape index (κ3) is 2.56. The lowest BCUT2D eigenvalue weighted by Crippen LogP contribution is -2.46. The fourth-order valence-corrected chi connectivity index (χ4v) is 3.06. The van der Waals surface area contributed by atoms with Crippen LogP contribution in [0.2, 0.25) is 0 Å². The third-order valence-electron chi connectivity index (χ3n) is 4.11. The molecule has 0 spiro atoms. The molecule has 1 atom stereocenters. The number of rotatable bonds is 3. The van der Waals surface area contributed by atoms with Crippen LogP contribution >= 0.6 is 0 Å². The van der Waals surface area contributed by atoms with Gasteiger partial charge in [0, 0.05) is 25.3 Å². The maximum atomic E-state index is 3.53. The van der Waals surface area contributed by atoms with E-state index in [-0.39, 0.29) is 0 Å². The molecule has 0 aliphatic carbocycles. The predicted octanol–water partition coefficient (Wildman–Crippen LogP) is 3.40. The van der Waals surface area contributed by atoms with Gasteiger partial charge in [0.25, 0.3) is 0 Å². The van der Waals surface area contributed by atoms with Crippen molar-refractivity contribution >= 4 is 5.69 Å². The van der Waals surface area contributed by atoms with Gasteiger partial charge in [0.1, 0.15) is 0 Å². The van der Waals surface area contributed by atoms with Gasteiger partial charge < -0.3 is 10.2 Å². The largest absolute Gasteiger partial charge is 0.362 e. The molecule has 1 heterocycles. The topological polar surface area (TPSA) is 15.3 Å². The Kier molecular flexibility index (Phi) is 4.03. The molecule has 0 aromatic heterocycles. The molecule has 1 N–H and O–H groups in total. The van der Waals surface area contributed by atoms with E-state index in [9.17, 15) is 0 Å². The van der Waals surface area contributed by atoms with Crippen LogP contribution in [0.5, 0.6) is 0 Å². The molecule has 2 heteroatoms. The minimum absolute atomic E-state index is 0.428. The minimum atomic E-state index is 0.428. The van der Waals surface area contributed by atoms with Gasteiger partial charge in [-0.05, 0) is 23.6 Å². The van der Waals surface area contributed by atoms with Crippen molar-refractivity contribution in [1.82, 2.24) is 5.32 Å². The molecule has 1 unspecified atom stereocenters. The van der Waals surface area contributed by atoms with Crippen LogP contribution in [-0.4, -0.2) is 19.6 Å². The zero-order valence-electron chi connectivity index (χ0n) is 12.0. The van der Waals surface area contributed by atoms with Crippen molar-refractivity contribution in [2.45, 2.75) is 19.4 Å². The van der Waals surface area contributed by atoms with Gasteiger partial charge in [0.15, 0.2) is 0 Å². The number of piperazine rings is 1. The fraction of sp³-hybridized carbons (Fsp3) is 0.333. The summed E-state index contributed by atoms with van der Waals surface area (Å²) >= 11 is 0. The van der Waals surface area contributed by atoms with Gasteiger partial charge in [0.05, 0.1) is 6.04 Å². The Morgan fingerprint density at radius 2 is 1.80 bits per heavy atom. The quantitative estimate of drug-likeness (QED) is 0.916. The number of aryl methyl sites for hydroxylation is 1. The number of para-hydroxylation sites is 1. The molecule has 104 valence electrons. The van der Waals surface area contributed by atoms with E-state index in [0.717, 1.165) is 26.1 Å². The highest BCUT2D eigenvalue weighted by Crippen LogP contribution is 2.31. The van der Waals surface area contributed by atoms with E-state index in [1.165, 1.54) is 16.8 Å². The fourth-order valence-electron chi connectivity index (χ4n) is 3.06. The molecule has 1 fully saturated rings. The highest BCUT2D eigenvalue weighted by atomic mass is 15.2. The number of nitrogens with zero attached hydrogens (tertiary/aromatic N) is 1.